The molecule has 1 fully saturated rings. The zero-order valence-electron chi connectivity index (χ0n) is 14.8. The summed E-state index contributed by atoms with van der Waals surface area (Å²) in [6.45, 7) is 0. The average molecular weight is 390 g/mol. The molecule has 0 radical (unpaired) electrons. The molecule has 0 bridgehead atoms. The zero-order valence-corrected chi connectivity index (χ0v) is 15.6. The number of rotatable bonds is 4. The number of carbonyl (C=O) groups is 1. The van der Waals surface area contributed by atoms with Crippen molar-refractivity contribution in [1.82, 2.24) is 5.32 Å². The van der Waals surface area contributed by atoms with Crippen LogP contribution >= 0.6 is 12.2 Å². The van der Waals surface area contributed by atoms with Gasteiger partial charge in [-0.15, -0.1) is 0 Å². The molecular formula is C20H20F2N2O2S. The van der Waals surface area contributed by atoms with Gasteiger partial charge in [0.2, 0.25) is 0 Å². The van der Waals surface area contributed by atoms with E-state index in [1.165, 1.54) is 25.3 Å². The fraction of sp³-hybridized carbons (Fsp3) is 0.300. The molecule has 0 heterocycles. The Morgan fingerprint density at radius 2 is 1.89 bits per heavy atom. The molecule has 2 aromatic rings. The maximum absolute atomic E-state index is 13.6. The second kappa shape index (κ2) is 8.43. The van der Waals surface area contributed by atoms with Crippen LogP contribution in [0.5, 0.6) is 5.75 Å². The summed E-state index contributed by atoms with van der Waals surface area (Å²) >= 11 is 5.28. The van der Waals surface area contributed by atoms with E-state index in [0.717, 1.165) is 12.0 Å². The van der Waals surface area contributed by atoms with Crippen LogP contribution < -0.4 is 15.4 Å². The molecule has 27 heavy (non-hydrogen) atoms. The van der Waals surface area contributed by atoms with Crippen LogP contribution in [0.1, 0.15) is 30.7 Å². The predicted molar refractivity (Wildman–Crippen MR) is 104 cm³/mol. The molecule has 142 valence electrons. The molecular weight excluding hydrogens is 370 g/mol. The number of anilines is 1. The Hall–Kier alpha value is -2.54. The first-order valence-corrected chi connectivity index (χ1v) is 9.09. The van der Waals surface area contributed by atoms with Crippen LogP contribution in [0.3, 0.4) is 0 Å². The lowest BCUT2D eigenvalue weighted by molar-refractivity contribution is -0.123. The largest absolute Gasteiger partial charge is 0.494 e. The number of benzene rings is 2. The van der Waals surface area contributed by atoms with Crippen molar-refractivity contribution in [3.63, 3.8) is 0 Å². The summed E-state index contributed by atoms with van der Waals surface area (Å²) in [4.78, 5) is 12.9. The molecule has 1 aliphatic rings. The molecule has 2 unspecified atom stereocenters. The third-order valence-electron chi connectivity index (χ3n) is 4.66. The fourth-order valence-electron chi connectivity index (χ4n) is 3.28. The molecule has 1 aliphatic carbocycles. The van der Waals surface area contributed by atoms with Gasteiger partial charge in [-0.2, -0.15) is 0 Å². The molecule has 3 rings (SSSR count). The second-order valence-electron chi connectivity index (χ2n) is 6.44. The van der Waals surface area contributed by atoms with Crippen molar-refractivity contribution in [1.29, 1.82) is 0 Å². The number of hydrogen-bond acceptors (Lipinski definition) is 3. The third kappa shape index (κ3) is 4.60. The van der Waals surface area contributed by atoms with Crippen LogP contribution in [0.2, 0.25) is 0 Å². The topological polar surface area (TPSA) is 50.4 Å². The van der Waals surface area contributed by atoms with Gasteiger partial charge in [-0.3, -0.25) is 4.79 Å². The Morgan fingerprint density at radius 1 is 1.15 bits per heavy atom. The van der Waals surface area contributed by atoms with Crippen LogP contribution in [0.15, 0.2) is 42.5 Å². The van der Waals surface area contributed by atoms with Gasteiger partial charge in [-0.05, 0) is 73.4 Å². The number of ketones is 1. The zero-order chi connectivity index (χ0) is 19.4. The van der Waals surface area contributed by atoms with E-state index in [1.54, 1.807) is 24.3 Å². The van der Waals surface area contributed by atoms with Gasteiger partial charge in [0.25, 0.3) is 0 Å². The first-order valence-electron chi connectivity index (χ1n) is 8.68. The normalized spacial score (nSPS) is 19.4. The third-order valence-corrected chi connectivity index (χ3v) is 4.88. The minimum absolute atomic E-state index is 0.0122. The second-order valence-corrected chi connectivity index (χ2v) is 6.85. The summed E-state index contributed by atoms with van der Waals surface area (Å²) < 4.78 is 31.6. The van der Waals surface area contributed by atoms with Gasteiger partial charge in [0, 0.05) is 11.6 Å². The number of methoxy groups -OCH3 is 1. The van der Waals surface area contributed by atoms with E-state index in [2.05, 4.69) is 10.6 Å². The minimum Gasteiger partial charge on any atom is -0.494 e. The van der Waals surface area contributed by atoms with E-state index in [1.807, 2.05) is 0 Å². The standard InChI is InChI=1S/C20H20F2N2O2S/c1-26-18-11-12(5-10-16(18)22)15-3-2-4-17(19(15)25)24-20(27)23-14-8-6-13(21)7-9-14/h5-11,15,17H,2-4H2,1H3,(H2,23,24,27). The number of halogens is 2. The van der Waals surface area contributed by atoms with E-state index >= 15 is 0 Å². The van der Waals surface area contributed by atoms with Crippen LogP contribution in [-0.4, -0.2) is 24.0 Å². The first-order chi connectivity index (χ1) is 13.0. The van der Waals surface area contributed by atoms with Gasteiger partial charge in [-0.25, -0.2) is 8.78 Å². The van der Waals surface area contributed by atoms with E-state index in [-0.39, 0.29) is 23.3 Å². The smallest absolute Gasteiger partial charge is 0.171 e. The summed E-state index contributed by atoms with van der Waals surface area (Å²) in [7, 11) is 1.40. The van der Waals surface area contributed by atoms with Crippen LogP contribution in [0.25, 0.3) is 0 Å². The molecule has 2 aromatic carbocycles. The van der Waals surface area contributed by atoms with E-state index in [4.69, 9.17) is 17.0 Å². The van der Waals surface area contributed by atoms with Gasteiger partial charge in [-0.1, -0.05) is 6.07 Å². The monoisotopic (exact) mass is 390 g/mol. The summed E-state index contributed by atoms with van der Waals surface area (Å²) in [5, 5.41) is 6.30. The quantitative estimate of drug-likeness (QED) is 0.768. The van der Waals surface area contributed by atoms with Crippen molar-refractivity contribution >= 4 is 28.8 Å². The Morgan fingerprint density at radius 3 is 2.59 bits per heavy atom. The highest BCUT2D eigenvalue weighted by atomic mass is 32.1. The number of hydrogen-bond donors (Lipinski definition) is 2. The van der Waals surface area contributed by atoms with Crippen molar-refractivity contribution in [2.45, 2.75) is 31.2 Å². The average Bonchev–Trinajstić information content (AvgIpc) is 2.66. The Bertz CT molecular complexity index is 842. The summed E-state index contributed by atoms with van der Waals surface area (Å²) in [6, 6.07) is 9.88. The number of nitrogens with one attached hydrogen (secondary N) is 2. The van der Waals surface area contributed by atoms with Crippen LogP contribution in [0.4, 0.5) is 14.5 Å². The van der Waals surface area contributed by atoms with Crippen molar-refractivity contribution < 1.29 is 18.3 Å². The highest BCUT2D eigenvalue weighted by Crippen LogP contribution is 2.33. The maximum Gasteiger partial charge on any atom is 0.171 e. The fourth-order valence-corrected chi connectivity index (χ4v) is 3.54. The summed E-state index contributed by atoms with van der Waals surface area (Å²) in [5.41, 5.74) is 1.37. The lowest BCUT2D eigenvalue weighted by Gasteiger charge is -2.29. The van der Waals surface area contributed by atoms with Crippen molar-refractivity contribution in [2.75, 3.05) is 12.4 Å². The molecule has 2 atom stereocenters. The van der Waals surface area contributed by atoms with Crippen LogP contribution in [-0.2, 0) is 4.79 Å². The van der Waals surface area contributed by atoms with E-state index < -0.39 is 11.9 Å². The Labute approximate surface area is 161 Å². The molecule has 1 saturated carbocycles. The number of ether oxygens (including phenoxy) is 1. The van der Waals surface area contributed by atoms with Crippen molar-refractivity contribution in [3.8, 4) is 5.75 Å². The molecule has 7 heteroatoms. The number of thiocarbonyl (C=S) groups is 1. The molecule has 0 aromatic heterocycles. The van der Waals surface area contributed by atoms with E-state index in [0.29, 0.717) is 23.6 Å². The maximum atomic E-state index is 13.6. The lowest BCUT2D eigenvalue weighted by Crippen LogP contribution is -2.46. The molecule has 0 spiro atoms. The van der Waals surface area contributed by atoms with Gasteiger partial charge < -0.3 is 15.4 Å². The predicted octanol–water partition coefficient (Wildman–Crippen LogP) is 4.17. The lowest BCUT2D eigenvalue weighted by atomic mass is 9.80. The molecule has 2 N–H and O–H groups in total. The first kappa shape index (κ1) is 19.2. The SMILES string of the molecule is COc1cc(C2CCCC(NC(=S)Nc3ccc(F)cc3)C2=O)ccc1F. The number of Topliss-reactive ketones (excluding diaryl/α,β-unsaturated/α-hetero) is 1. The summed E-state index contributed by atoms with van der Waals surface area (Å²) in [6.07, 6.45) is 2.20. The van der Waals surface area contributed by atoms with Gasteiger partial charge in [0.15, 0.2) is 22.5 Å². The van der Waals surface area contributed by atoms with Crippen LogP contribution in [0, 0.1) is 11.6 Å². The molecule has 0 amide bonds. The highest BCUT2D eigenvalue weighted by molar-refractivity contribution is 7.80. The highest BCUT2D eigenvalue weighted by Gasteiger charge is 2.33. The molecule has 4 nitrogen and oxygen atoms in total. The minimum atomic E-state index is -0.455. The van der Waals surface area contributed by atoms with Crippen molar-refractivity contribution in [2.24, 2.45) is 0 Å². The molecule has 0 aliphatic heterocycles. The number of carbonyl (C=O) groups excluding carboxylic acids is 1. The van der Waals surface area contributed by atoms with Crippen molar-refractivity contribution in [3.05, 3.63) is 59.7 Å². The Balaban J connectivity index is 1.67. The van der Waals surface area contributed by atoms with Gasteiger partial charge in [0.1, 0.15) is 5.82 Å². The Kier molecular flexibility index (Phi) is 6.01. The van der Waals surface area contributed by atoms with Gasteiger partial charge in [0.05, 0.1) is 13.2 Å². The van der Waals surface area contributed by atoms with E-state index in [9.17, 15) is 13.6 Å². The van der Waals surface area contributed by atoms with Gasteiger partial charge >= 0.3 is 0 Å². The molecule has 0 saturated heterocycles. The summed E-state index contributed by atoms with van der Waals surface area (Å²) in [5.74, 6) is -0.982.